The molecule has 2 aliphatic heterocycles. The van der Waals surface area contributed by atoms with Crippen molar-refractivity contribution in [3.8, 4) is 0 Å². The van der Waals surface area contributed by atoms with E-state index < -0.39 is 11.2 Å². The van der Waals surface area contributed by atoms with Crippen molar-refractivity contribution in [2.45, 2.75) is 97.4 Å². The van der Waals surface area contributed by atoms with Gasteiger partial charge in [0.05, 0.1) is 6.10 Å². The van der Waals surface area contributed by atoms with Crippen LogP contribution in [0.25, 0.3) is 0 Å². The van der Waals surface area contributed by atoms with Gasteiger partial charge in [0.15, 0.2) is 0 Å². The number of allylic oxidation sites excluding steroid dienone is 3. The highest BCUT2D eigenvalue weighted by Crippen LogP contribution is 2.71. The molecule has 3 heteroatoms. The minimum Gasteiger partial charge on any atom is -0.393 e. The lowest BCUT2D eigenvalue weighted by molar-refractivity contribution is -0.455. The molecule has 2 heterocycles. The molecule has 0 radical (unpaired) electrons. The lowest BCUT2D eigenvalue weighted by Crippen LogP contribution is -2.69. The van der Waals surface area contributed by atoms with Crippen LogP contribution in [0.4, 0.5) is 0 Å². The summed E-state index contributed by atoms with van der Waals surface area (Å²) in [4.78, 5) is 12.6. The molecule has 9 atom stereocenters. The molecule has 2 saturated carbocycles. The summed E-state index contributed by atoms with van der Waals surface area (Å²) in [5.41, 5.74) is 0.656. The second-order valence-electron chi connectivity index (χ2n) is 12.3. The van der Waals surface area contributed by atoms with Gasteiger partial charge >= 0.3 is 0 Å². The fourth-order valence-corrected chi connectivity index (χ4v) is 8.01. The SMILES string of the molecule is CC(C)[C@@H](C)C=C[C@@H](C)[C@H]1CC[C@@H]2[C@]1(C)CC=C1[C@@]23C=C[C@]2(C[C@@H](O)CC[C@]12C)OO3. The van der Waals surface area contributed by atoms with E-state index in [2.05, 4.69) is 71.9 Å². The molecule has 0 aromatic rings. The van der Waals surface area contributed by atoms with Crippen molar-refractivity contribution >= 4 is 0 Å². The van der Waals surface area contributed by atoms with Gasteiger partial charge in [0.1, 0.15) is 11.2 Å². The number of aliphatic hydroxyl groups excluding tert-OH is 1. The third-order valence-electron chi connectivity index (χ3n) is 10.5. The Kier molecular flexibility index (Phi) is 4.98. The van der Waals surface area contributed by atoms with Gasteiger partial charge in [-0.25, -0.2) is 9.78 Å². The smallest absolute Gasteiger partial charge is 0.147 e. The summed E-state index contributed by atoms with van der Waals surface area (Å²) in [6, 6.07) is 0. The molecule has 6 aliphatic rings. The van der Waals surface area contributed by atoms with E-state index in [4.69, 9.17) is 9.78 Å². The standard InChI is InChI=1S/C28H42O3/c1-18(2)19(3)7-8-20(4)22-9-10-23-25(22,5)13-12-24-26(6)14-11-21(29)17-27(26)15-16-28(23,24)31-30-27/h7-8,12,15-16,18-23,29H,9-11,13-14,17H2,1-6H3/t19-,20+,21-,22+,23+,25+,26+,27+,28+/m0/s1. The first kappa shape index (κ1) is 21.9. The molecule has 1 N–H and O–H groups in total. The van der Waals surface area contributed by atoms with Crippen LogP contribution in [-0.2, 0) is 9.78 Å². The van der Waals surface area contributed by atoms with Gasteiger partial charge in [-0.1, -0.05) is 59.8 Å². The molecule has 4 aliphatic carbocycles. The molecule has 1 saturated heterocycles. The summed E-state index contributed by atoms with van der Waals surface area (Å²) in [6.07, 6.45) is 17.8. The van der Waals surface area contributed by atoms with Crippen LogP contribution in [-0.4, -0.2) is 22.4 Å². The first-order chi connectivity index (χ1) is 14.6. The van der Waals surface area contributed by atoms with Crippen LogP contribution in [0.3, 0.4) is 0 Å². The van der Waals surface area contributed by atoms with Crippen LogP contribution in [0.5, 0.6) is 0 Å². The van der Waals surface area contributed by atoms with Crippen molar-refractivity contribution in [1.82, 2.24) is 0 Å². The molecular weight excluding hydrogens is 384 g/mol. The van der Waals surface area contributed by atoms with Gasteiger partial charge in [-0.05, 0) is 78.9 Å². The molecular formula is C28H42O3. The first-order valence-electron chi connectivity index (χ1n) is 12.7. The highest BCUT2D eigenvalue weighted by molar-refractivity contribution is 5.48. The minimum atomic E-state index is -0.507. The van der Waals surface area contributed by atoms with E-state index >= 15 is 0 Å². The van der Waals surface area contributed by atoms with E-state index in [-0.39, 0.29) is 16.9 Å². The average molecular weight is 427 g/mol. The highest BCUT2D eigenvalue weighted by Gasteiger charge is 2.71. The Labute approximate surface area is 188 Å². The molecule has 6 rings (SSSR count). The van der Waals surface area contributed by atoms with Crippen LogP contribution in [0.2, 0.25) is 0 Å². The van der Waals surface area contributed by atoms with E-state index in [1.165, 1.54) is 18.4 Å². The predicted octanol–water partition coefficient (Wildman–Crippen LogP) is 6.39. The predicted molar refractivity (Wildman–Crippen MR) is 124 cm³/mol. The molecule has 2 spiro atoms. The molecule has 2 bridgehead atoms. The van der Waals surface area contributed by atoms with E-state index in [9.17, 15) is 5.11 Å². The molecule has 0 unspecified atom stereocenters. The van der Waals surface area contributed by atoms with Gasteiger partial charge in [0, 0.05) is 17.8 Å². The molecule has 3 fully saturated rings. The van der Waals surface area contributed by atoms with E-state index in [1.54, 1.807) is 0 Å². The Bertz CT molecular complexity index is 826. The zero-order valence-corrected chi connectivity index (χ0v) is 20.4. The van der Waals surface area contributed by atoms with E-state index in [1.807, 2.05) is 0 Å². The minimum absolute atomic E-state index is 0.0726. The molecule has 3 nitrogen and oxygen atoms in total. The number of aliphatic hydroxyl groups is 1. The first-order valence-corrected chi connectivity index (χ1v) is 12.7. The average Bonchev–Trinajstić information content (AvgIpc) is 3.09. The molecule has 172 valence electrons. The maximum atomic E-state index is 10.4. The fourth-order valence-electron chi connectivity index (χ4n) is 8.01. The molecule has 0 amide bonds. The lowest BCUT2D eigenvalue weighted by Gasteiger charge is -2.66. The van der Waals surface area contributed by atoms with Crippen molar-refractivity contribution in [2.24, 2.45) is 40.4 Å². The lowest BCUT2D eigenvalue weighted by atomic mass is 9.47. The number of rotatable bonds is 4. The normalized spacial score (nSPS) is 50.2. The largest absolute Gasteiger partial charge is 0.393 e. The Morgan fingerprint density at radius 1 is 1.03 bits per heavy atom. The van der Waals surface area contributed by atoms with Gasteiger partial charge in [-0.2, -0.15) is 0 Å². The number of hydrogen-bond acceptors (Lipinski definition) is 3. The van der Waals surface area contributed by atoms with Gasteiger partial charge in [0.2, 0.25) is 0 Å². The maximum absolute atomic E-state index is 10.4. The van der Waals surface area contributed by atoms with Gasteiger partial charge in [-0.3, -0.25) is 0 Å². The Morgan fingerprint density at radius 3 is 2.48 bits per heavy atom. The molecule has 31 heavy (non-hydrogen) atoms. The second-order valence-corrected chi connectivity index (χ2v) is 12.3. The fraction of sp³-hybridized carbons (Fsp3) is 0.786. The van der Waals surface area contributed by atoms with Crippen molar-refractivity contribution < 1.29 is 14.9 Å². The Hall–Kier alpha value is -0.900. The third kappa shape index (κ3) is 2.82. The summed E-state index contributed by atoms with van der Waals surface area (Å²) in [7, 11) is 0. The van der Waals surface area contributed by atoms with Gasteiger partial charge < -0.3 is 5.11 Å². The van der Waals surface area contributed by atoms with Crippen molar-refractivity contribution in [2.75, 3.05) is 0 Å². The molecule has 0 aromatic heterocycles. The zero-order chi connectivity index (χ0) is 22.2. The van der Waals surface area contributed by atoms with Gasteiger partial charge in [-0.15, -0.1) is 0 Å². The van der Waals surface area contributed by atoms with Crippen LogP contribution in [0, 0.1) is 40.4 Å². The second kappa shape index (κ2) is 7.05. The van der Waals surface area contributed by atoms with Crippen molar-refractivity contribution in [3.63, 3.8) is 0 Å². The molecule has 0 aromatic carbocycles. The summed E-state index contributed by atoms with van der Waals surface area (Å²) in [6.45, 7) is 14.2. The monoisotopic (exact) mass is 426 g/mol. The number of fused-ring (bicyclic) bond motifs is 2. The third-order valence-corrected chi connectivity index (χ3v) is 10.5. The van der Waals surface area contributed by atoms with Crippen LogP contribution < -0.4 is 0 Å². The summed E-state index contributed by atoms with van der Waals surface area (Å²) >= 11 is 0. The topological polar surface area (TPSA) is 38.7 Å². The van der Waals surface area contributed by atoms with Crippen LogP contribution in [0.1, 0.15) is 80.1 Å². The van der Waals surface area contributed by atoms with Crippen molar-refractivity contribution in [3.05, 3.63) is 36.0 Å². The Balaban J connectivity index is 1.48. The summed E-state index contributed by atoms with van der Waals surface area (Å²) < 4.78 is 0. The number of hydrogen-bond donors (Lipinski definition) is 1. The van der Waals surface area contributed by atoms with E-state index in [0.29, 0.717) is 36.0 Å². The quantitative estimate of drug-likeness (QED) is 0.418. The highest BCUT2D eigenvalue weighted by atomic mass is 17.2. The maximum Gasteiger partial charge on any atom is 0.147 e. The summed E-state index contributed by atoms with van der Waals surface area (Å²) in [5.74, 6) is 2.98. The van der Waals surface area contributed by atoms with Crippen molar-refractivity contribution in [1.29, 1.82) is 0 Å². The summed E-state index contributed by atoms with van der Waals surface area (Å²) in [5, 5.41) is 10.4. The van der Waals surface area contributed by atoms with Gasteiger partial charge in [0.25, 0.3) is 0 Å². The Morgan fingerprint density at radius 2 is 1.81 bits per heavy atom. The zero-order valence-electron chi connectivity index (χ0n) is 20.4. The van der Waals surface area contributed by atoms with Crippen LogP contribution in [0.15, 0.2) is 36.0 Å². The van der Waals surface area contributed by atoms with Crippen LogP contribution >= 0.6 is 0 Å². The van der Waals surface area contributed by atoms with E-state index in [0.717, 1.165) is 19.3 Å².